The van der Waals surface area contributed by atoms with Gasteiger partial charge in [0.15, 0.2) is 0 Å². The van der Waals surface area contributed by atoms with E-state index in [1.165, 1.54) is 12.1 Å². The van der Waals surface area contributed by atoms with Gasteiger partial charge in [-0.3, -0.25) is 10.1 Å². The number of anilines is 1. The maximum absolute atomic E-state index is 12.8. The van der Waals surface area contributed by atoms with E-state index < -0.39 is 0 Å². The van der Waals surface area contributed by atoms with Crippen LogP contribution in [-0.4, -0.2) is 11.9 Å². The van der Waals surface area contributed by atoms with Crippen LogP contribution in [0.4, 0.5) is 10.1 Å². The van der Waals surface area contributed by atoms with Crippen molar-refractivity contribution in [1.29, 1.82) is 0 Å². The number of carbonyl (C=O) groups excluding carboxylic acids is 1. The molecule has 0 aromatic heterocycles. The van der Waals surface area contributed by atoms with Crippen LogP contribution in [0.15, 0.2) is 54.6 Å². The van der Waals surface area contributed by atoms with E-state index in [9.17, 15) is 9.18 Å². The Kier molecular flexibility index (Phi) is 5.06. The lowest BCUT2D eigenvalue weighted by molar-refractivity contribution is -0.117. The smallest absolute Gasteiger partial charge is 0.241 e. The monoisotopic (exact) mass is 286 g/mol. The van der Waals surface area contributed by atoms with E-state index in [0.717, 1.165) is 5.56 Å². The van der Waals surface area contributed by atoms with E-state index in [0.29, 0.717) is 5.69 Å². The fourth-order valence-corrected chi connectivity index (χ4v) is 2.07. The Morgan fingerprint density at radius 2 is 1.62 bits per heavy atom. The van der Waals surface area contributed by atoms with Crippen molar-refractivity contribution < 1.29 is 9.18 Å². The molecule has 0 saturated carbocycles. The number of halogens is 1. The Bertz CT molecular complexity index is 583. The molecule has 0 aliphatic heterocycles. The van der Waals surface area contributed by atoms with Crippen molar-refractivity contribution in [1.82, 2.24) is 5.32 Å². The van der Waals surface area contributed by atoms with Crippen molar-refractivity contribution in [2.45, 2.75) is 25.9 Å². The first kappa shape index (κ1) is 15.2. The van der Waals surface area contributed by atoms with Gasteiger partial charge in [0.05, 0.1) is 6.04 Å². The van der Waals surface area contributed by atoms with E-state index in [1.807, 2.05) is 37.3 Å². The van der Waals surface area contributed by atoms with Crippen LogP contribution in [0.25, 0.3) is 0 Å². The third-order valence-corrected chi connectivity index (χ3v) is 3.30. The second-order valence-electron chi connectivity index (χ2n) is 5.02. The molecule has 0 spiro atoms. The van der Waals surface area contributed by atoms with Crippen LogP contribution in [0.1, 0.15) is 25.5 Å². The zero-order chi connectivity index (χ0) is 15.2. The topological polar surface area (TPSA) is 41.1 Å². The number of benzene rings is 2. The summed E-state index contributed by atoms with van der Waals surface area (Å²) < 4.78 is 12.8. The standard InChI is InChI=1S/C17H19FN2O/c1-12(14-6-4-3-5-7-14)19-13(2)17(21)20-16-10-8-15(18)9-11-16/h3-13,19H,1-2H3,(H,20,21)/t12-,13-/m1/s1. The molecule has 0 saturated heterocycles. The first-order valence-corrected chi connectivity index (χ1v) is 6.93. The van der Waals surface area contributed by atoms with Crippen molar-refractivity contribution in [3.05, 3.63) is 66.0 Å². The summed E-state index contributed by atoms with van der Waals surface area (Å²) in [6, 6.07) is 15.4. The quantitative estimate of drug-likeness (QED) is 0.883. The van der Waals surface area contributed by atoms with Gasteiger partial charge in [0, 0.05) is 11.7 Å². The number of nitrogens with one attached hydrogen (secondary N) is 2. The predicted molar refractivity (Wildman–Crippen MR) is 82.5 cm³/mol. The Morgan fingerprint density at radius 1 is 1.00 bits per heavy atom. The van der Waals surface area contributed by atoms with Crippen molar-refractivity contribution >= 4 is 11.6 Å². The molecule has 2 rings (SSSR count). The fourth-order valence-electron chi connectivity index (χ4n) is 2.07. The van der Waals surface area contributed by atoms with Gasteiger partial charge in [-0.15, -0.1) is 0 Å². The summed E-state index contributed by atoms with van der Waals surface area (Å²) in [7, 11) is 0. The van der Waals surface area contributed by atoms with Gasteiger partial charge in [0.1, 0.15) is 5.82 Å². The Labute approximate surface area is 124 Å². The first-order chi connectivity index (χ1) is 10.1. The largest absolute Gasteiger partial charge is 0.325 e. The lowest BCUT2D eigenvalue weighted by atomic mass is 10.1. The molecule has 0 heterocycles. The molecule has 1 amide bonds. The first-order valence-electron chi connectivity index (χ1n) is 6.93. The van der Waals surface area contributed by atoms with Crippen LogP contribution in [0.3, 0.4) is 0 Å². The van der Waals surface area contributed by atoms with Crippen LogP contribution in [-0.2, 0) is 4.79 Å². The second kappa shape index (κ2) is 6.99. The number of hydrogen-bond donors (Lipinski definition) is 2. The van der Waals surface area contributed by atoms with Crippen LogP contribution >= 0.6 is 0 Å². The third-order valence-electron chi connectivity index (χ3n) is 3.30. The fraction of sp³-hybridized carbons (Fsp3) is 0.235. The van der Waals surface area contributed by atoms with Crippen molar-refractivity contribution in [2.75, 3.05) is 5.32 Å². The van der Waals surface area contributed by atoms with Gasteiger partial charge in [-0.25, -0.2) is 4.39 Å². The van der Waals surface area contributed by atoms with Crippen molar-refractivity contribution in [3.8, 4) is 0 Å². The molecule has 0 unspecified atom stereocenters. The summed E-state index contributed by atoms with van der Waals surface area (Å²) >= 11 is 0. The average molecular weight is 286 g/mol. The van der Waals surface area contributed by atoms with Gasteiger partial charge in [-0.2, -0.15) is 0 Å². The number of carbonyl (C=O) groups is 1. The minimum atomic E-state index is -0.356. The maximum atomic E-state index is 12.8. The van der Waals surface area contributed by atoms with Gasteiger partial charge < -0.3 is 5.32 Å². The Balaban J connectivity index is 1.92. The Hall–Kier alpha value is -2.20. The molecule has 110 valence electrons. The molecular weight excluding hydrogens is 267 g/mol. The van der Waals surface area contributed by atoms with E-state index in [1.54, 1.807) is 19.1 Å². The number of rotatable bonds is 5. The van der Waals surface area contributed by atoms with Gasteiger partial charge in [0.2, 0.25) is 5.91 Å². The molecule has 2 N–H and O–H groups in total. The number of amides is 1. The van der Waals surface area contributed by atoms with Gasteiger partial charge in [-0.1, -0.05) is 30.3 Å². The van der Waals surface area contributed by atoms with Crippen LogP contribution in [0.5, 0.6) is 0 Å². The second-order valence-corrected chi connectivity index (χ2v) is 5.02. The molecule has 4 heteroatoms. The highest BCUT2D eigenvalue weighted by atomic mass is 19.1. The van der Waals surface area contributed by atoms with E-state index in [-0.39, 0.29) is 23.8 Å². The Morgan fingerprint density at radius 3 is 2.24 bits per heavy atom. The molecule has 2 aromatic rings. The summed E-state index contributed by atoms with van der Waals surface area (Å²) in [5, 5.41) is 6.00. The summed E-state index contributed by atoms with van der Waals surface area (Å²) in [6.07, 6.45) is 0. The summed E-state index contributed by atoms with van der Waals surface area (Å²) in [5.41, 5.74) is 1.71. The summed E-state index contributed by atoms with van der Waals surface area (Å²) in [4.78, 5) is 12.1. The highest BCUT2D eigenvalue weighted by Gasteiger charge is 2.16. The molecule has 0 aliphatic carbocycles. The molecule has 2 aromatic carbocycles. The van der Waals surface area contributed by atoms with Crippen LogP contribution in [0.2, 0.25) is 0 Å². The summed E-state index contributed by atoms with van der Waals surface area (Å²) in [5.74, 6) is -0.471. The summed E-state index contributed by atoms with van der Waals surface area (Å²) in [6.45, 7) is 3.81. The molecular formula is C17H19FN2O. The molecule has 0 bridgehead atoms. The predicted octanol–water partition coefficient (Wildman–Crippen LogP) is 3.50. The van der Waals surface area contributed by atoms with Gasteiger partial charge in [0.25, 0.3) is 0 Å². The van der Waals surface area contributed by atoms with Crippen molar-refractivity contribution in [3.63, 3.8) is 0 Å². The maximum Gasteiger partial charge on any atom is 0.241 e. The van der Waals surface area contributed by atoms with Crippen LogP contribution in [0, 0.1) is 5.82 Å². The SMILES string of the molecule is C[C@@H](N[C@H](C)c1ccccc1)C(=O)Nc1ccc(F)cc1. The molecule has 0 radical (unpaired) electrons. The lowest BCUT2D eigenvalue weighted by Gasteiger charge is -2.20. The van der Waals surface area contributed by atoms with E-state index in [4.69, 9.17) is 0 Å². The third kappa shape index (κ3) is 4.39. The van der Waals surface area contributed by atoms with Gasteiger partial charge >= 0.3 is 0 Å². The van der Waals surface area contributed by atoms with Gasteiger partial charge in [-0.05, 0) is 43.7 Å². The number of hydrogen-bond acceptors (Lipinski definition) is 2. The molecule has 2 atom stereocenters. The van der Waals surface area contributed by atoms with Crippen LogP contribution < -0.4 is 10.6 Å². The molecule has 3 nitrogen and oxygen atoms in total. The normalized spacial score (nSPS) is 13.5. The zero-order valence-corrected chi connectivity index (χ0v) is 12.1. The zero-order valence-electron chi connectivity index (χ0n) is 12.1. The minimum absolute atomic E-state index is 0.0696. The average Bonchev–Trinajstić information content (AvgIpc) is 2.50. The molecule has 21 heavy (non-hydrogen) atoms. The van der Waals surface area contributed by atoms with E-state index >= 15 is 0 Å². The highest BCUT2D eigenvalue weighted by Crippen LogP contribution is 2.13. The molecule has 0 fully saturated rings. The molecule has 0 aliphatic rings. The minimum Gasteiger partial charge on any atom is -0.325 e. The van der Waals surface area contributed by atoms with Crippen molar-refractivity contribution in [2.24, 2.45) is 0 Å². The lowest BCUT2D eigenvalue weighted by Crippen LogP contribution is -2.39. The van der Waals surface area contributed by atoms with E-state index in [2.05, 4.69) is 10.6 Å². The highest BCUT2D eigenvalue weighted by molar-refractivity contribution is 5.94.